The molecule has 1 aliphatic rings. The number of hydrogen-bond acceptors (Lipinski definition) is 3. The molecule has 2 aromatic carbocycles. The highest BCUT2D eigenvalue weighted by molar-refractivity contribution is 7.79. The van der Waals surface area contributed by atoms with E-state index in [1.165, 1.54) is 22.7 Å². The zero-order valence-electron chi connectivity index (χ0n) is 14.8. The number of hydrogen-bond donors (Lipinski definition) is 0. The van der Waals surface area contributed by atoms with Gasteiger partial charge in [-0.15, -0.1) is 0 Å². The van der Waals surface area contributed by atoms with Gasteiger partial charge in [0.05, 0.1) is 12.1 Å². The van der Waals surface area contributed by atoms with Gasteiger partial charge in [0, 0.05) is 18.2 Å². The van der Waals surface area contributed by atoms with Crippen LogP contribution in [0.25, 0.3) is 0 Å². The fourth-order valence-electron chi connectivity index (χ4n) is 3.30. The summed E-state index contributed by atoms with van der Waals surface area (Å²) in [7, 11) is 0. The maximum Gasteiger partial charge on any atom is 0.167 e. The Hall–Kier alpha value is -2.27. The predicted octanol–water partition coefficient (Wildman–Crippen LogP) is 4.64. The van der Waals surface area contributed by atoms with Crippen LogP contribution in [0.4, 0.5) is 10.1 Å². The van der Waals surface area contributed by atoms with Gasteiger partial charge >= 0.3 is 0 Å². The molecule has 3 nitrogen and oxygen atoms in total. The first-order chi connectivity index (χ1) is 12.6. The van der Waals surface area contributed by atoms with Gasteiger partial charge in [-0.25, -0.2) is 4.39 Å². The molecule has 2 aromatic rings. The summed E-state index contributed by atoms with van der Waals surface area (Å²) in [5.41, 5.74) is 3.77. The summed E-state index contributed by atoms with van der Waals surface area (Å²) in [6.45, 7) is 2.45. The molecule has 0 atom stereocenters. The Kier molecular flexibility index (Phi) is 5.67. The third kappa shape index (κ3) is 3.63. The zero-order chi connectivity index (χ0) is 18.6. The summed E-state index contributed by atoms with van der Waals surface area (Å²) in [5, 5.41) is 0. The summed E-state index contributed by atoms with van der Waals surface area (Å²) in [5.74, 6) is -0.241. The molecule has 0 spiro atoms. The summed E-state index contributed by atoms with van der Waals surface area (Å²) in [6, 6.07) is 12.8. The van der Waals surface area contributed by atoms with E-state index in [1.54, 1.807) is 17.0 Å². The minimum atomic E-state index is -0.624. The number of aryl methyl sites for hydroxylation is 1. The van der Waals surface area contributed by atoms with E-state index in [0.29, 0.717) is 18.7 Å². The first-order valence-corrected chi connectivity index (χ1v) is 9.24. The molecule has 5 heteroatoms. The molecule has 0 bridgehead atoms. The van der Waals surface area contributed by atoms with Crippen LogP contribution in [-0.4, -0.2) is 23.9 Å². The molecule has 3 rings (SSSR count). The smallest absolute Gasteiger partial charge is 0.167 e. The number of aldehydes is 1. The standard InChI is InChI=1S/C21H22FNO2S/c1-16-5-2-3-6-17(16)9-12-25-20-8-7-18(13-19(20)22)23(15-26)21(14-24)10-4-11-21/h2-3,5-8,13-15H,4,9-12H2,1H3. The van der Waals surface area contributed by atoms with E-state index in [-0.39, 0.29) is 5.75 Å². The Morgan fingerprint density at radius 2 is 2.04 bits per heavy atom. The van der Waals surface area contributed by atoms with Crippen molar-refractivity contribution in [3.63, 3.8) is 0 Å². The molecule has 0 aromatic heterocycles. The van der Waals surface area contributed by atoms with Crippen molar-refractivity contribution in [3.05, 3.63) is 59.4 Å². The lowest BCUT2D eigenvalue weighted by atomic mass is 9.76. The molecule has 0 aliphatic heterocycles. The van der Waals surface area contributed by atoms with Gasteiger partial charge in [0.1, 0.15) is 11.8 Å². The van der Waals surface area contributed by atoms with Gasteiger partial charge in [0.2, 0.25) is 0 Å². The van der Waals surface area contributed by atoms with Crippen molar-refractivity contribution in [2.45, 2.75) is 38.1 Å². The van der Waals surface area contributed by atoms with E-state index in [4.69, 9.17) is 17.0 Å². The second kappa shape index (κ2) is 7.96. The molecule has 0 heterocycles. The summed E-state index contributed by atoms with van der Waals surface area (Å²) in [4.78, 5) is 13.2. The van der Waals surface area contributed by atoms with Crippen molar-refractivity contribution in [3.8, 4) is 5.75 Å². The molecule has 1 saturated carbocycles. The number of thiocarbonyl (C=S) groups is 1. The molecule has 1 fully saturated rings. The summed E-state index contributed by atoms with van der Waals surface area (Å²) >= 11 is 5.07. The second-order valence-corrected chi connectivity index (χ2v) is 6.90. The average Bonchev–Trinajstić information content (AvgIpc) is 2.61. The quantitative estimate of drug-likeness (QED) is 0.499. The SMILES string of the molecule is Cc1ccccc1CCOc1ccc(N(C=S)C2(C=O)CCC2)cc1F. The van der Waals surface area contributed by atoms with Crippen LogP contribution in [0.15, 0.2) is 42.5 Å². The van der Waals surface area contributed by atoms with Crippen LogP contribution in [0.5, 0.6) is 5.75 Å². The van der Waals surface area contributed by atoms with E-state index in [9.17, 15) is 9.18 Å². The van der Waals surface area contributed by atoms with Crippen molar-refractivity contribution in [2.75, 3.05) is 11.5 Å². The van der Waals surface area contributed by atoms with Crippen molar-refractivity contribution in [1.29, 1.82) is 0 Å². The monoisotopic (exact) mass is 371 g/mol. The minimum Gasteiger partial charge on any atom is -0.490 e. The van der Waals surface area contributed by atoms with Crippen LogP contribution in [0.3, 0.4) is 0 Å². The zero-order valence-corrected chi connectivity index (χ0v) is 15.6. The first-order valence-electron chi connectivity index (χ1n) is 8.77. The largest absolute Gasteiger partial charge is 0.490 e. The van der Waals surface area contributed by atoms with Gasteiger partial charge in [-0.05, 0) is 49.4 Å². The van der Waals surface area contributed by atoms with Gasteiger partial charge in [-0.3, -0.25) is 0 Å². The highest BCUT2D eigenvalue weighted by Crippen LogP contribution is 2.39. The lowest BCUT2D eigenvalue weighted by Gasteiger charge is -2.45. The molecule has 0 radical (unpaired) electrons. The van der Waals surface area contributed by atoms with Gasteiger partial charge in [0.15, 0.2) is 11.6 Å². The first kappa shape index (κ1) is 18.5. The Labute approximate surface area is 158 Å². The van der Waals surface area contributed by atoms with Crippen LogP contribution in [0, 0.1) is 12.7 Å². The molecular weight excluding hydrogens is 349 g/mol. The lowest BCUT2D eigenvalue weighted by molar-refractivity contribution is -0.114. The Bertz CT molecular complexity index is 804. The molecule has 0 saturated heterocycles. The number of nitrogens with zero attached hydrogens (tertiary/aromatic N) is 1. The Morgan fingerprint density at radius 3 is 2.62 bits per heavy atom. The summed E-state index contributed by atoms with van der Waals surface area (Å²) in [6.07, 6.45) is 4.08. The number of benzene rings is 2. The number of carbonyl (C=O) groups is 1. The maximum atomic E-state index is 14.5. The van der Waals surface area contributed by atoms with Crippen LogP contribution in [0.2, 0.25) is 0 Å². The topological polar surface area (TPSA) is 29.5 Å². The van der Waals surface area contributed by atoms with Crippen LogP contribution >= 0.6 is 12.2 Å². The van der Waals surface area contributed by atoms with E-state index < -0.39 is 11.4 Å². The number of anilines is 1. The molecule has 26 heavy (non-hydrogen) atoms. The van der Waals surface area contributed by atoms with E-state index in [2.05, 4.69) is 0 Å². The fourth-order valence-corrected chi connectivity index (χ4v) is 3.63. The molecule has 0 unspecified atom stereocenters. The van der Waals surface area contributed by atoms with Crippen molar-refractivity contribution < 1.29 is 13.9 Å². The Morgan fingerprint density at radius 1 is 1.27 bits per heavy atom. The second-order valence-electron chi connectivity index (χ2n) is 6.69. The van der Waals surface area contributed by atoms with Gasteiger partial charge < -0.3 is 14.4 Å². The number of halogens is 1. The molecule has 0 amide bonds. The number of ether oxygens (including phenoxy) is 1. The van der Waals surface area contributed by atoms with Crippen molar-refractivity contribution in [1.82, 2.24) is 0 Å². The van der Waals surface area contributed by atoms with Gasteiger partial charge in [-0.1, -0.05) is 36.5 Å². The van der Waals surface area contributed by atoms with Gasteiger partial charge in [0.25, 0.3) is 0 Å². The molecule has 0 N–H and O–H groups in total. The minimum absolute atomic E-state index is 0.209. The van der Waals surface area contributed by atoms with E-state index in [0.717, 1.165) is 25.5 Å². The predicted molar refractivity (Wildman–Crippen MR) is 106 cm³/mol. The highest BCUT2D eigenvalue weighted by atomic mass is 32.1. The van der Waals surface area contributed by atoms with Crippen LogP contribution in [-0.2, 0) is 11.2 Å². The van der Waals surface area contributed by atoms with E-state index in [1.807, 2.05) is 31.2 Å². The highest BCUT2D eigenvalue weighted by Gasteiger charge is 2.42. The van der Waals surface area contributed by atoms with Crippen molar-refractivity contribution in [2.24, 2.45) is 0 Å². The number of carbonyl (C=O) groups excluding carboxylic acids is 1. The molecule has 1 aliphatic carbocycles. The van der Waals surface area contributed by atoms with Crippen LogP contribution in [0.1, 0.15) is 30.4 Å². The van der Waals surface area contributed by atoms with E-state index >= 15 is 0 Å². The fraction of sp³-hybridized carbons (Fsp3) is 0.333. The van der Waals surface area contributed by atoms with Gasteiger partial charge in [-0.2, -0.15) is 0 Å². The van der Waals surface area contributed by atoms with Crippen molar-refractivity contribution >= 4 is 29.7 Å². The number of rotatable bonds is 8. The third-order valence-electron chi connectivity index (χ3n) is 5.11. The molecular formula is C21H22FNO2S. The molecule has 136 valence electrons. The third-order valence-corrected chi connectivity index (χ3v) is 5.32. The average molecular weight is 371 g/mol. The summed E-state index contributed by atoms with van der Waals surface area (Å²) < 4.78 is 20.1. The lowest BCUT2D eigenvalue weighted by Crippen LogP contribution is -2.54. The maximum absolute atomic E-state index is 14.5. The normalized spacial score (nSPS) is 15.0. The Balaban J connectivity index is 1.68. The van der Waals surface area contributed by atoms with Crippen LogP contribution < -0.4 is 9.64 Å².